The number of halogens is 1. The van der Waals surface area contributed by atoms with Gasteiger partial charge in [-0.05, 0) is 36.5 Å². The highest BCUT2D eigenvalue weighted by molar-refractivity contribution is 9.10. The van der Waals surface area contributed by atoms with Gasteiger partial charge in [-0.15, -0.1) is 0 Å². The number of rotatable bonds is 0. The van der Waals surface area contributed by atoms with Gasteiger partial charge in [0.15, 0.2) is 0 Å². The van der Waals surface area contributed by atoms with Crippen molar-refractivity contribution >= 4 is 15.9 Å². The van der Waals surface area contributed by atoms with Gasteiger partial charge in [-0.25, -0.2) is 0 Å². The Morgan fingerprint density at radius 3 is 3.08 bits per heavy atom. The van der Waals surface area contributed by atoms with Gasteiger partial charge in [0, 0.05) is 4.47 Å². The van der Waals surface area contributed by atoms with Crippen molar-refractivity contribution in [3.8, 4) is 6.07 Å². The molecule has 0 fully saturated rings. The third-order valence-electron chi connectivity index (χ3n) is 2.61. The quantitative estimate of drug-likeness (QED) is 0.677. The molecule has 1 nitrogen and oxygen atoms in total. The van der Waals surface area contributed by atoms with E-state index in [2.05, 4.69) is 34.1 Å². The molecule has 1 aromatic carbocycles. The molecule has 13 heavy (non-hydrogen) atoms. The van der Waals surface area contributed by atoms with Crippen molar-refractivity contribution in [2.75, 3.05) is 0 Å². The van der Waals surface area contributed by atoms with Crippen LogP contribution in [-0.4, -0.2) is 0 Å². The molecule has 0 spiro atoms. The fourth-order valence-corrected chi connectivity index (χ4v) is 2.52. The van der Waals surface area contributed by atoms with Gasteiger partial charge in [0.05, 0.1) is 12.0 Å². The Morgan fingerprint density at radius 1 is 1.46 bits per heavy atom. The summed E-state index contributed by atoms with van der Waals surface area (Å²) in [6, 6.07) is 8.51. The predicted octanol–water partition coefficient (Wildman–Crippen LogP) is 3.39. The molecule has 0 aliphatic heterocycles. The average Bonchev–Trinajstić information content (AvgIpc) is 2.18. The molecule has 0 heterocycles. The maximum atomic E-state index is 8.96. The van der Waals surface area contributed by atoms with Crippen molar-refractivity contribution in [1.82, 2.24) is 0 Å². The first-order chi connectivity index (χ1) is 6.33. The molecule has 1 aliphatic carbocycles. The highest BCUT2D eigenvalue weighted by atomic mass is 79.9. The van der Waals surface area contributed by atoms with Gasteiger partial charge in [0.2, 0.25) is 0 Å². The Hall–Kier alpha value is -0.810. The Bertz CT molecular complexity index is 365. The van der Waals surface area contributed by atoms with E-state index in [-0.39, 0.29) is 5.92 Å². The molecule has 0 bridgehead atoms. The van der Waals surface area contributed by atoms with Crippen LogP contribution in [-0.2, 0) is 6.42 Å². The molecule has 2 heteroatoms. The molecule has 0 amide bonds. The fourth-order valence-electron chi connectivity index (χ4n) is 1.94. The molecule has 0 radical (unpaired) electrons. The van der Waals surface area contributed by atoms with Gasteiger partial charge in [0.1, 0.15) is 0 Å². The van der Waals surface area contributed by atoms with Gasteiger partial charge >= 0.3 is 0 Å². The van der Waals surface area contributed by atoms with Crippen molar-refractivity contribution in [3.63, 3.8) is 0 Å². The first-order valence-electron chi connectivity index (χ1n) is 4.50. The Labute approximate surface area is 86.5 Å². The van der Waals surface area contributed by atoms with E-state index in [1.807, 2.05) is 6.07 Å². The predicted molar refractivity (Wildman–Crippen MR) is 55.4 cm³/mol. The lowest BCUT2D eigenvalue weighted by Gasteiger charge is -2.21. The molecule has 0 N–H and O–H groups in total. The van der Waals surface area contributed by atoms with E-state index in [0.717, 1.165) is 23.7 Å². The van der Waals surface area contributed by atoms with Crippen molar-refractivity contribution in [3.05, 3.63) is 33.8 Å². The third-order valence-corrected chi connectivity index (χ3v) is 3.35. The second kappa shape index (κ2) is 3.51. The fraction of sp³-hybridized carbons (Fsp3) is 0.364. The van der Waals surface area contributed by atoms with E-state index in [9.17, 15) is 0 Å². The number of fused-ring (bicyclic) bond motifs is 1. The molecular weight excluding hydrogens is 226 g/mol. The number of hydrogen-bond donors (Lipinski definition) is 0. The van der Waals surface area contributed by atoms with Crippen molar-refractivity contribution < 1.29 is 0 Å². The molecule has 2 rings (SSSR count). The number of hydrogen-bond acceptors (Lipinski definition) is 1. The van der Waals surface area contributed by atoms with E-state index in [4.69, 9.17) is 5.26 Å². The van der Waals surface area contributed by atoms with E-state index < -0.39 is 0 Å². The second-order valence-corrected chi connectivity index (χ2v) is 4.24. The van der Waals surface area contributed by atoms with E-state index in [1.54, 1.807) is 0 Å². The lowest BCUT2D eigenvalue weighted by atomic mass is 9.84. The third kappa shape index (κ3) is 1.49. The van der Waals surface area contributed by atoms with Gasteiger partial charge < -0.3 is 0 Å². The molecule has 0 saturated carbocycles. The first kappa shape index (κ1) is 8.77. The Morgan fingerprint density at radius 2 is 2.31 bits per heavy atom. The van der Waals surface area contributed by atoms with Crippen LogP contribution in [0.25, 0.3) is 0 Å². The molecule has 0 aromatic heterocycles. The van der Waals surface area contributed by atoms with E-state index in [0.29, 0.717) is 0 Å². The molecule has 1 aliphatic rings. The number of benzene rings is 1. The summed E-state index contributed by atoms with van der Waals surface area (Å²) in [4.78, 5) is 0. The highest BCUT2D eigenvalue weighted by Gasteiger charge is 2.20. The summed E-state index contributed by atoms with van der Waals surface area (Å²) < 4.78 is 1.16. The van der Waals surface area contributed by atoms with Crippen LogP contribution in [0.15, 0.2) is 22.7 Å². The van der Waals surface area contributed by atoms with Crippen LogP contribution >= 0.6 is 15.9 Å². The van der Waals surface area contributed by atoms with E-state index in [1.165, 1.54) is 11.1 Å². The maximum Gasteiger partial charge on any atom is 0.0715 e. The minimum atomic E-state index is 0.112. The lowest BCUT2D eigenvalue weighted by Crippen LogP contribution is -2.08. The zero-order valence-electron chi connectivity index (χ0n) is 7.26. The highest BCUT2D eigenvalue weighted by Crippen LogP contribution is 2.34. The summed E-state index contributed by atoms with van der Waals surface area (Å²) in [6.07, 6.45) is 3.25. The first-order valence-corrected chi connectivity index (χ1v) is 5.29. The SMILES string of the molecule is N#CC1CCCc2c(Br)cccc21. The summed E-state index contributed by atoms with van der Waals surface area (Å²) in [7, 11) is 0. The van der Waals surface area contributed by atoms with Crippen LogP contribution < -0.4 is 0 Å². The van der Waals surface area contributed by atoms with Crippen LogP contribution in [0.1, 0.15) is 29.9 Å². The van der Waals surface area contributed by atoms with E-state index >= 15 is 0 Å². The minimum Gasteiger partial charge on any atom is -0.198 e. The van der Waals surface area contributed by atoms with Crippen LogP contribution in [0.2, 0.25) is 0 Å². The Balaban J connectivity index is 2.53. The van der Waals surface area contributed by atoms with Gasteiger partial charge in [-0.3, -0.25) is 0 Å². The molecular formula is C11H10BrN. The molecule has 1 unspecified atom stereocenters. The van der Waals surface area contributed by atoms with Gasteiger partial charge in [-0.1, -0.05) is 28.1 Å². The molecule has 1 aromatic rings. The minimum absolute atomic E-state index is 0.112. The van der Waals surface area contributed by atoms with Crippen molar-refractivity contribution in [2.45, 2.75) is 25.2 Å². The summed E-state index contributed by atoms with van der Waals surface area (Å²) in [5.41, 5.74) is 2.56. The van der Waals surface area contributed by atoms with Crippen LogP contribution in [0, 0.1) is 11.3 Å². The van der Waals surface area contributed by atoms with Crippen LogP contribution in [0.5, 0.6) is 0 Å². The Kier molecular flexibility index (Phi) is 2.37. The largest absolute Gasteiger partial charge is 0.198 e. The normalized spacial score (nSPS) is 20.5. The summed E-state index contributed by atoms with van der Waals surface area (Å²) in [5.74, 6) is 0.112. The van der Waals surface area contributed by atoms with Crippen molar-refractivity contribution in [2.24, 2.45) is 0 Å². The van der Waals surface area contributed by atoms with Crippen LogP contribution in [0.4, 0.5) is 0 Å². The standard InChI is InChI=1S/C11H10BrN/c12-11-6-2-4-9-8(7-13)3-1-5-10(9)11/h2,4,6,8H,1,3,5H2. The zero-order valence-corrected chi connectivity index (χ0v) is 8.84. The summed E-state index contributed by atoms with van der Waals surface area (Å²) in [6.45, 7) is 0. The number of nitrogens with zero attached hydrogens (tertiary/aromatic N) is 1. The lowest BCUT2D eigenvalue weighted by molar-refractivity contribution is 0.635. The maximum absolute atomic E-state index is 8.96. The summed E-state index contributed by atoms with van der Waals surface area (Å²) in [5, 5.41) is 8.96. The topological polar surface area (TPSA) is 23.8 Å². The zero-order chi connectivity index (χ0) is 9.26. The monoisotopic (exact) mass is 235 g/mol. The molecule has 66 valence electrons. The van der Waals surface area contributed by atoms with Crippen LogP contribution in [0.3, 0.4) is 0 Å². The van der Waals surface area contributed by atoms with Gasteiger partial charge in [0.25, 0.3) is 0 Å². The molecule has 1 atom stereocenters. The van der Waals surface area contributed by atoms with Crippen molar-refractivity contribution in [1.29, 1.82) is 5.26 Å². The smallest absolute Gasteiger partial charge is 0.0715 e. The van der Waals surface area contributed by atoms with Gasteiger partial charge in [-0.2, -0.15) is 5.26 Å². The summed E-state index contributed by atoms with van der Waals surface area (Å²) >= 11 is 3.53. The molecule has 0 saturated heterocycles. The number of nitriles is 1. The average molecular weight is 236 g/mol. The second-order valence-electron chi connectivity index (χ2n) is 3.38.